The van der Waals surface area contributed by atoms with E-state index >= 15 is 0 Å². The predicted octanol–water partition coefficient (Wildman–Crippen LogP) is 2.41. The largest absolute Gasteiger partial charge is 0.338 e. The highest BCUT2D eigenvalue weighted by Crippen LogP contribution is 2.39. The summed E-state index contributed by atoms with van der Waals surface area (Å²) in [7, 11) is 0. The van der Waals surface area contributed by atoms with Gasteiger partial charge in [-0.05, 0) is 31.9 Å². The molecule has 2 unspecified atom stereocenters. The fourth-order valence-corrected chi connectivity index (χ4v) is 2.76. The zero-order chi connectivity index (χ0) is 15.0. The zero-order valence-corrected chi connectivity index (χ0v) is 11.7. The summed E-state index contributed by atoms with van der Waals surface area (Å²) in [5.41, 5.74) is 6.58. The summed E-state index contributed by atoms with van der Waals surface area (Å²) in [4.78, 5) is 14.6. The lowest BCUT2D eigenvalue weighted by molar-refractivity contribution is -0.384. The van der Waals surface area contributed by atoms with Gasteiger partial charge in [0.15, 0.2) is 0 Å². The van der Waals surface area contributed by atoms with Gasteiger partial charge >= 0.3 is 0 Å². The summed E-state index contributed by atoms with van der Waals surface area (Å²) < 4.78 is 5.38. The number of benzene rings is 1. The Morgan fingerprint density at radius 1 is 1.43 bits per heavy atom. The van der Waals surface area contributed by atoms with Gasteiger partial charge in [0.1, 0.15) is 0 Å². The fourth-order valence-electron chi connectivity index (χ4n) is 2.76. The van der Waals surface area contributed by atoms with Crippen LogP contribution in [0, 0.1) is 10.1 Å². The molecule has 1 aromatic carbocycles. The zero-order valence-electron chi connectivity index (χ0n) is 11.7. The molecule has 7 nitrogen and oxygen atoms in total. The van der Waals surface area contributed by atoms with E-state index in [0.717, 1.165) is 19.3 Å². The van der Waals surface area contributed by atoms with Gasteiger partial charge in [0.05, 0.1) is 10.3 Å². The minimum Gasteiger partial charge on any atom is -0.338 e. The summed E-state index contributed by atoms with van der Waals surface area (Å²) in [6.07, 6.45) is 2.93. The maximum Gasteiger partial charge on any atom is 0.269 e. The van der Waals surface area contributed by atoms with Crippen LogP contribution in [0.2, 0.25) is 0 Å². The number of aromatic nitrogens is 2. The van der Waals surface area contributed by atoms with Crippen LogP contribution in [0.15, 0.2) is 28.8 Å². The number of hydrogen-bond acceptors (Lipinski definition) is 6. The first kappa shape index (κ1) is 13.7. The molecule has 2 N–H and O–H groups in total. The highest BCUT2D eigenvalue weighted by molar-refractivity contribution is 5.56. The molecule has 0 saturated heterocycles. The minimum atomic E-state index is -0.440. The third kappa shape index (κ3) is 2.29. The molecule has 1 saturated carbocycles. The van der Waals surface area contributed by atoms with Gasteiger partial charge in [0.25, 0.3) is 5.69 Å². The lowest BCUT2D eigenvalue weighted by atomic mass is 9.85. The average molecular weight is 288 g/mol. The Morgan fingerprint density at radius 2 is 2.14 bits per heavy atom. The van der Waals surface area contributed by atoms with Gasteiger partial charge in [-0.3, -0.25) is 10.1 Å². The van der Waals surface area contributed by atoms with Crippen molar-refractivity contribution in [3.05, 3.63) is 40.3 Å². The molecule has 0 radical (unpaired) electrons. The minimum absolute atomic E-state index is 0.0164. The Bertz CT molecular complexity index is 667. The van der Waals surface area contributed by atoms with Crippen LogP contribution >= 0.6 is 0 Å². The van der Waals surface area contributed by atoms with Crippen molar-refractivity contribution in [2.75, 3.05) is 0 Å². The molecule has 1 aliphatic carbocycles. The van der Waals surface area contributed by atoms with Gasteiger partial charge in [-0.1, -0.05) is 11.6 Å². The molecule has 7 heteroatoms. The normalized spacial score (nSPS) is 25.1. The van der Waals surface area contributed by atoms with E-state index < -0.39 is 4.92 Å². The van der Waals surface area contributed by atoms with E-state index in [1.54, 1.807) is 12.1 Å². The first-order chi connectivity index (χ1) is 10.0. The van der Waals surface area contributed by atoms with Gasteiger partial charge in [0.2, 0.25) is 11.7 Å². The second-order valence-electron chi connectivity index (χ2n) is 5.64. The highest BCUT2D eigenvalue weighted by atomic mass is 16.6. The molecule has 1 aliphatic rings. The Labute approximate surface area is 121 Å². The van der Waals surface area contributed by atoms with E-state index in [4.69, 9.17) is 10.3 Å². The van der Waals surface area contributed by atoms with Crippen LogP contribution < -0.4 is 5.73 Å². The van der Waals surface area contributed by atoms with E-state index in [1.165, 1.54) is 12.1 Å². The summed E-state index contributed by atoms with van der Waals surface area (Å²) in [6.45, 7) is 2.04. The van der Waals surface area contributed by atoms with Crippen LogP contribution in [-0.2, 0) is 5.41 Å². The molecule has 1 fully saturated rings. The maximum atomic E-state index is 10.6. The maximum absolute atomic E-state index is 10.6. The number of nitro groups is 1. The van der Waals surface area contributed by atoms with Crippen LogP contribution in [0.25, 0.3) is 11.4 Å². The van der Waals surface area contributed by atoms with Crippen LogP contribution in [-0.4, -0.2) is 21.1 Å². The molecule has 2 atom stereocenters. The molecule has 2 aromatic rings. The first-order valence-corrected chi connectivity index (χ1v) is 6.85. The monoisotopic (exact) mass is 288 g/mol. The van der Waals surface area contributed by atoms with Crippen LogP contribution in [0.3, 0.4) is 0 Å². The summed E-state index contributed by atoms with van der Waals surface area (Å²) in [5.74, 6) is 0.973. The Hall–Kier alpha value is -2.28. The van der Waals surface area contributed by atoms with Gasteiger partial charge in [-0.2, -0.15) is 4.98 Å². The molecule has 0 spiro atoms. The van der Waals surface area contributed by atoms with Crippen molar-refractivity contribution in [2.24, 2.45) is 5.73 Å². The van der Waals surface area contributed by atoms with Crippen molar-refractivity contribution < 1.29 is 9.45 Å². The lowest BCUT2D eigenvalue weighted by Gasteiger charge is -2.23. The fraction of sp³-hybridized carbons (Fsp3) is 0.429. The molecule has 1 heterocycles. The quantitative estimate of drug-likeness (QED) is 0.686. The standard InChI is InChI=1S/C14H16N4O3/c1-14(8-2-3-11(14)15)13-16-12(17-21-13)9-4-6-10(7-5-9)18(19)20/h4-7,11H,2-3,8,15H2,1H3. The number of non-ortho nitro benzene ring substituents is 1. The van der Waals surface area contributed by atoms with E-state index in [9.17, 15) is 10.1 Å². The number of nitrogens with two attached hydrogens (primary N) is 1. The number of nitrogens with zero attached hydrogens (tertiary/aromatic N) is 3. The molecule has 21 heavy (non-hydrogen) atoms. The lowest BCUT2D eigenvalue weighted by Crippen LogP contribution is -2.38. The third-order valence-electron chi connectivity index (χ3n) is 4.28. The number of nitro benzene ring substituents is 1. The molecular formula is C14H16N4O3. The van der Waals surface area contributed by atoms with Gasteiger partial charge in [-0.25, -0.2) is 0 Å². The van der Waals surface area contributed by atoms with Crippen molar-refractivity contribution in [3.63, 3.8) is 0 Å². The van der Waals surface area contributed by atoms with E-state index in [1.807, 2.05) is 6.92 Å². The van der Waals surface area contributed by atoms with Crippen molar-refractivity contribution in [1.29, 1.82) is 0 Å². The molecule has 0 bridgehead atoms. The molecule has 0 aliphatic heterocycles. The SMILES string of the molecule is CC1(c2nc(-c3ccc([N+](=O)[O-])cc3)no2)CCCC1N. The Kier molecular flexibility index (Phi) is 3.21. The molecule has 1 aromatic heterocycles. The van der Waals surface area contributed by atoms with Gasteiger partial charge in [-0.15, -0.1) is 0 Å². The van der Waals surface area contributed by atoms with Crippen molar-refractivity contribution in [2.45, 2.75) is 37.6 Å². The predicted molar refractivity (Wildman–Crippen MR) is 75.6 cm³/mol. The topological polar surface area (TPSA) is 108 Å². The first-order valence-electron chi connectivity index (χ1n) is 6.85. The second kappa shape index (κ2) is 4.92. The molecule has 110 valence electrons. The van der Waals surface area contributed by atoms with Crippen molar-refractivity contribution in [3.8, 4) is 11.4 Å². The summed E-state index contributed by atoms with van der Waals surface area (Å²) in [5, 5.41) is 14.6. The van der Waals surface area contributed by atoms with Crippen molar-refractivity contribution in [1.82, 2.24) is 10.1 Å². The van der Waals surface area contributed by atoms with Crippen LogP contribution in [0.5, 0.6) is 0 Å². The Morgan fingerprint density at radius 3 is 2.71 bits per heavy atom. The molecular weight excluding hydrogens is 272 g/mol. The molecule has 0 amide bonds. The van der Waals surface area contributed by atoms with E-state index in [-0.39, 0.29) is 17.1 Å². The van der Waals surface area contributed by atoms with Gasteiger partial charge < -0.3 is 10.3 Å². The highest BCUT2D eigenvalue weighted by Gasteiger charge is 2.42. The third-order valence-corrected chi connectivity index (χ3v) is 4.28. The molecule has 3 rings (SSSR count). The van der Waals surface area contributed by atoms with Crippen molar-refractivity contribution >= 4 is 5.69 Å². The van der Waals surface area contributed by atoms with Crippen LogP contribution in [0.4, 0.5) is 5.69 Å². The summed E-state index contributed by atoms with van der Waals surface area (Å²) >= 11 is 0. The average Bonchev–Trinajstić information content (AvgIpc) is 3.08. The number of rotatable bonds is 3. The van der Waals surface area contributed by atoms with Gasteiger partial charge in [0, 0.05) is 23.7 Å². The Balaban J connectivity index is 1.89. The summed E-state index contributed by atoms with van der Waals surface area (Å²) in [6, 6.07) is 6.10. The van der Waals surface area contributed by atoms with E-state index in [0.29, 0.717) is 17.3 Å². The second-order valence-corrected chi connectivity index (χ2v) is 5.64. The van der Waals surface area contributed by atoms with E-state index in [2.05, 4.69) is 10.1 Å². The van der Waals surface area contributed by atoms with Crippen LogP contribution in [0.1, 0.15) is 32.1 Å². The smallest absolute Gasteiger partial charge is 0.269 e. The number of hydrogen-bond donors (Lipinski definition) is 1.